The fourth-order valence-corrected chi connectivity index (χ4v) is 1.77. The minimum atomic E-state index is -0.248. The summed E-state index contributed by atoms with van der Waals surface area (Å²) >= 11 is 0. The molecule has 0 aliphatic heterocycles. The molecule has 6 heteroatoms. The van der Waals surface area contributed by atoms with Crippen LogP contribution in [-0.4, -0.2) is 28.2 Å². The SMILES string of the molecule is Cc1cc(CNC(=O)N(C)Cc2ccccc2O)on1. The van der Waals surface area contributed by atoms with Crippen molar-refractivity contribution in [2.24, 2.45) is 0 Å². The number of amides is 2. The van der Waals surface area contributed by atoms with E-state index in [4.69, 9.17) is 4.52 Å². The van der Waals surface area contributed by atoms with E-state index in [1.807, 2.05) is 13.0 Å². The van der Waals surface area contributed by atoms with Crippen molar-refractivity contribution in [1.82, 2.24) is 15.4 Å². The summed E-state index contributed by atoms with van der Waals surface area (Å²) in [6, 6.07) is 8.45. The Morgan fingerprint density at radius 2 is 2.20 bits per heavy atom. The van der Waals surface area contributed by atoms with Crippen LogP contribution in [0.4, 0.5) is 4.79 Å². The summed E-state index contributed by atoms with van der Waals surface area (Å²) < 4.78 is 5.01. The Morgan fingerprint density at radius 1 is 1.45 bits per heavy atom. The highest BCUT2D eigenvalue weighted by atomic mass is 16.5. The number of benzene rings is 1. The second-order valence-electron chi connectivity index (χ2n) is 4.58. The predicted octanol–water partition coefficient (Wildman–Crippen LogP) is 2.03. The first kappa shape index (κ1) is 13.9. The van der Waals surface area contributed by atoms with Gasteiger partial charge in [0.1, 0.15) is 5.75 Å². The van der Waals surface area contributed by atoms with E-state index in [1.54, 1.807) is 31.3 Å². The number of nitrogens with zero attached hydrogens (tertiary/aromatic N) is 2. The second-order valence-corrected chi connectivity index (χ2v) is 4.58. The molecule has 20 heavy (non-hydrogen) atoms. The number of hydrogen-bond acceptors (Lipinski definition) is 4. The van der Waals surface area contributed by atoms with Gasteiger partial charge in [0.05, 0.1) is 18.8 Å². The van der Waals surface area contributed by atoms with Gasteiger partial charge in [-0.25, -0.2) is 4.79 Å². The van der Waals surface area contributed by atoms with E-state index in [0.29, 0.717) is 17.9 Å². The van der Waals surface area contributed by atoms with E-state index in [9.17, 15) is 9.90 Å². The molecular formula is C14H17N3O3. The zero-order chi connectivity index (χ0) is 14.5. The lowest BCUT2D eigenvalue weighted by atomic mass is 10.2. The highest BCUT2D eigenvalue weighted by Crippen LogP contribution is 2.17. The molecule has 0 spiro atoms. The molecule has 0 radical (unpaired) electrons. The summed E-state index contributed by atoms with van der Waals surface area (Å²) in [5.74, 6) is 0.782. The molecule has 1 aromatic carbocycles. The molecule has 0 aliphatic carbocycles. The largest absolute Gasteiger partial charge is 0.508 e. The number of rotatable bonds is 4. The molecule has 0 bridgehead atoms. The van der Waals surface area contributed by atoms with Crippen LogP contribution in [-0.2, 0) is 13.1 Å². The third-order valence-electron chi connectivity index (χ3n) is 2.84. The van der Waals surface area contributed by atoms with Crippen molar-refractivity contribution in [3.05, 3.63) is 47.3 Å². The quantitative estimate of drug-likeness (QED) is 0.895. The lowest BCUT2D eigenvalue weighted by Gasteiger charge is -2.18. The number of para-hydroxylation sites is 1. The summed E-state index contributed by atoms with van der Waals surface area (Å²) in [4.78, 5) is 13.4. The first-order valence-electron chi connectivity index (χ1n) is 6.24. The van der Waals surface area contributed by atoms with E-state index in [0.717, 1.165) is 5.69 Å². The maximum atomic E-state index is 11.9. The van der Waals surface area contributed by atoms with Crippen molar-refractivity contribution in [2.45, 2.75) is 20.0 Å². The predicted molar refractivity (Wildman–Crippen MR) is 73.0 cm³/mol. The Labute approximate surface area is 117 Å². The maximum Gasteiger partial charge on any atom is 0.317 e. The summed E-state index contributed by atoms with van der Waals surface area (Å²) in [7, 11) is 1.66. The molecule has 0 unspecified atom stereocenters. The van der Waals surface area contributed by atoms with E-state index in [-0.39, 0.29) is 18.3 Å². The van der Waals surface area contributed by atoms with Crippen LogP contribution in [0.2, 0.25) is 0 Å². The van der Waals surface area contributed by atoms with Crippen LogP contribution in [0.15, 0.2) is 34.9 Å². The van der Waals surface area contributed by atoms with Crippen molar-refractivity contribution in [3.63, 3.8) is 0 Å². The topological polar surface area (TPSA) is 78.6 Å². The van der Waals surface area contributed by atoms with E-state index in [1.165, 1.54) is 4.90 Å². The van der Waals surface area contributed by atoms with E-state index < -0.39 is 0 Å². The monoisotopic (exact) mass is 275 g/mol. The molecule has 2 rings (SSSR count). The van der Waals surface area contributed by atoms with Crippen LogP contribution in [0, 0.1) is 6.92 Å². The fourth-order valence-electron chi connectivity index (χ4n) is 1.77. The lowest BCUT2D eigenvalue weighted by Crippen LogP contribution is -2.36. The van der Waals surface area contributed by atoms with Gasteiger partial charge in [0, 0.05) is 18.7 Å². The first-order valence-corrected chi connectivity index (χ1v) is 6.24. The van der Waals surface area contributed by atoms with Crippen molar-refractivity contribution >= 4 is 6.03 Å². The highest BCUT2D eigenvalue weighted by Gasteiger charge is 2.11. The minimum absolute atomic E-state index is 0.179. The molecule has 106 valence electrons. The third-order valence-corrected chi connectivity index (χ3v) is 2.84. The van der Waals surface area contributed by atoms with Crippen LogP contribution in [0.25, 0.3) is 0 Å². The normalized spacial score (nSPS) is 10.3. The van der Waals surface area contributed by atoms with Gasteiger partial charge in [-0.15, -0.1) is 0 Å². The number of carbonyl (C=O) groups excluding carboxylic acids is 1. The van der Waals surface area contributed by atoms with Gasteiger partial charge < -0.3 is 19.8 Å². The van der Waals surface area contributed by atoms with Gasteiger partial charge in [-0.3, -0.25) is 0 Å². The number of phenolic OH excluding ortho intramolecular Hbond substituents is 1. The number of carbonyl (C=O) groups is 1. The Balaban J connectivity index is 1.87. The number of aromatic nitrogens is 1. The number of phenols is 1. The average molecular weight is 275 g/mol. The molecule has 1 heterocycles. The van der Waals surface area contributed by atoms with Gasteiger partial charge in [0.15, 0.2) is 5.76 Å². The fraction of sp³-hybridized carbons (Fsp3) is 0.286. The second kappa shape index (κ2) is 6.10. The molecule has 2 aromatic rings. The van der Waals surface area contributed by atoms with Gasteiger partial charge in [-0.05, 0) is 13.0 Å². The lowest BCUT2D eigenvalue weighted by molar-refractivity contribution is 0.204. The average Bonchev–Trinajstić information content (AvgIpc) is 2.84. The van der Waals surface area contributed by atoms with E-state index >= 15 is 0 Å². The highest BCUT2D eigenvalue weighted by molar-refractivity contribution is 5.73. The molecule has 0 aliphatic rings. The molecule has 0 saturated heterocycles. The summed E-state index contributed by atoms with van der Waals surface area (Å²) in [5.41, 5.74) is 1.47. The number of aromatic hydroxyl groups is 1. The first-order chi connectivity index (χ1) is 9.56. The Hall–Kier alpha value is -2.50. The standard InChI is InChI=1S/C14H17N3O3/c1-10-7-12(20-16-10)8-15-14(19)17(2)9-11-5-3-4-6-13(11)18/h3-7,18H,8-9H2,1-2H3,(H,15,19). The van der Waals surface area contributed by atoms with Gasteiger partial charge in [-0.1, -0.05) is 23.4 Å². The maximum absolute atomic E-state index is 11.9. The van der Waals surface area contributed by atoms with Crippen molar-refractivity contribution < 1.29 is 14.4 Å². The van der Waals surface area contributed by atoms with Crippen LogP contribution in [0.3, 0.4) is 0 Å². The van der Waals surface area contributed by atoms with Crippen LogP contribution >= 0.6 is 0 Å². The van der Waals surface area contributed by atoms with Gasteiger partial charge >= 0.3 is 6.03 Å². The molecule has 1 aromatic heterocycles. The van der Waals surface area contributed by atoms with Gasteiger partial charge in [0.25, 0.3) is 0 Å². The number of urea groups is 1. The molecule has 2 N–H and O–H groups in total. The molecular weight excluding hydrogens is 258 g/mol. The zero-order valence-electron chi connectivity index (χ0n) is 11.5. The number of aryl methyl sites for hydroxylation is 1. The van der Waals surface area contributed by atoms with Crippen LogP contribution in [0.1, 0.15) is 17.0 Å². The number of hydrogen-bond donors (Lipinski definition) is 2. The van der Waals surface area contributed by atoms with Crippen molar-refractivity contribution in [1.29, 1.82) is 0 Å². The summed E-state index contributed by atoms with van der Waals surface area (Å²) in [6.45, 7) is 2.43. The van der Waals surface area contributed by atoms with Gasteiger partial charge in [-0.2, -0.15) is 0 Å². The number of nitrogens with one attached hydrogen (secondary N) is 1. The Bertz CT molecular complexity index is 595. The van der Waals surface area contributed by atoms with Crippen molar-refractivity contribution in [3.8, 4) is 5.75 Å². The molecule has 0 atom stereocenters. The molecule has 0 saturated carbocycles. The Kier molecular flexibility index (Phi) is 4.24. The summed E-state index contributed by atoms with van der Waals surface area (Å²) in [5, 5.41) is 16.1. The van der Waals surface area contributed by atoms with Crippen molar-refractivity contribution in [2.75, 3.05) is 7.05 Å². The smallest absolute Gasteiger partial charge is 0.317 e. The van der Waals surface area contributed by atoms with E-state index in [2.05, 4.69) is 10.5 Å². The van der Waals surface area contributed by atoms with Gasteiger partial charge in [0.2, 0.25) is 0 Å². The molecule has 0 fully saturated rings. The third kappa shape index (κ3) is 3.50. The van der Waals surface area contributed by atoms with Crippen LogP contribution in [0.5, 0.6) is 5.75 Å². The summed E-state index contributed by atoms with van der Waals surface area (Å²) in [6.07, 6.45) is 0. The van der Waals surface area contributed by atoms with Crippen LogP contribution < -0.4 is 5.32 Å². The minimum Gasteiger partial charge on any atom is -0.508 e. The molecule has 2 amide bonds. The zero-order valence-corrected chi connectivity index (χ0v) is 11.5. The Morgan fingerprint density at radius 3 is 2.85 bits per heavy atom. The molecule has 6 nitrogen and oxygen atoms in total.